The third kappa shape index (κ3) is 5.46. The number of nitrogens with zero attached hydrogens (tertiary/aromatic N) is 1. The molecular weight excluding hydrogens is 476 g/mol. The minimum atomic E-state index is -4.00. The normalized spacial score (nSPS) is 18.6. The van der Waals surface area contributed by atoms with Crippen LogP contribution in [0.25, 0.3) is 0 Å². The second-order valence-corrected chi connectivity index (χ2v) is 10.2. The second kappa shape index (κ2) is 9.92. The van der Waals surface area contributed by atoms with Crippen molar-refractivity contribution in [3.05, 3.63) is 52.6 Å². The van der Waals surface area contributed by atoms with Crippen LogP contribution < -0.4 is 14.9 Å². The molecule has 2 aliphatic rings. The van der Waals surface area contributed by atoms with Crippen molar-refractivity contribution in [1.82, 2.24) is 4.72 Å². The van der Waals surface area contributed by atoms with Crippen molar-refractivity contribution in [3.8, 4) is 0 Å². The van der Waals surface area contributed by atoms with Gasteiger partial charge in [-0.2, -0.15) is 0 Å². The van der Waals surface area contributed by atoms with Gasteiger partial charge >= 0.3 is 0 Å². The molecule has 7 nitrogen and oxygen atoms in total. The van der Waals surface area contributed by atoms with E-state index in [-0.39, 0.29) is 39.5 Å². The van der Waals surface area contributed by atoms with E-state index in [1.54, 1.807) is 4.90 Å². The predicted molar refractivity (Wildman–Crippen MR) is 121 cm³/mol. The monoisotopic (exact) mass is 499 g/mol. The number of sulfonamides is 1. The first-order valence-corrected chi connectivity index (χ1v) is 12.6. The Bertz CT molecular complexity index is 1130. The lowest BCUT2D eigenvalue weighted by molar-refractivity contribution is 0.102. The fraction of sp³-hybridized carbons (Fsp3) is 0.409. The van der Waals surface area contributed by atoms with E-state index >= 15 is 0 Å². The summed E-state index contributed by atoms with van der Waals surface area (Å²) in [5.41, 5.74) is -0.210. The number of amides is 1. The number of benzene rings is 2. The Morgan fingerprint density at radius 2 is 1.82 bits per heavy atom. The number of anilines is 2. The summed E-state index contributed by atoms with van der Waals surface area (Å²) < 4.78 is 62.4. The molecule has 2 fully saturated rings. The average molecular weight is 500 g/mol. The van der Waals surface area contributed by atoms with Crippen molar-refractivity contribution < 1.29 is 26.7 Å². The number of hydrogen-bond donors (Lipinski definition) is 2. The van der Waals surface area contributed by atoms with Crippen molar-refractivity contribution in [2.75, 3.05) is 36.5 Å². The first-order chi connectivity index (χ1) is 15.7. The smallest absolute Gasteiger partial charge is 0.255 e. The average Bonchev–Trinajstić information content (AvgIpc) is 3.46. The van der Waals surface area contributed by atoms with Gasteiger partial charge in [0.25, 0.3) is 5.91 Å². The first kappa shape index (κ1) is 23.9. The van der Waals surface area contributed by atoms with E-state index < -0.39 is 27.6 Å². The Morgan fingerprint density at radius 1 is 1.12 bits per heavy atom. The Kier molecular flexibility index (Phi) is 7.18. The van der Waals surface area contributed by atoms with Crippen LogP contribution in [0.5, 0.6) is 0 Å². The summed E-state index contributed by atoms with van der Waals surface area (Å²) in [7, 11) is -4.00. The van der Waals surface area contributed by atoms with Gasteiger partial charge in [0.15, 0.2) is 11.6 Å². The lowest BCUT2D eigenvalue weighted by Crippen LogP contribution is -2.32. The van der Waals surface area contributed by atoms with Crippen molar-refractivity contribution in [2.45, 2.75) is 36.7 Å². The summed E-state index contributed by atoms with van der Waals surface area (Å²) in [5.74, 6) is -2.27. The van der Waals surface area contributed by atoms with E-state index in [2.05, 4.69) is 10.0 Å². The molecule has 1 amide bonds. The summed E-state index contributed by atoms with van der Waals surface area (Å²) in [4.78, 5) is 14.1. The maximum atomic E-state index is 14.6. The van der Waals surface area contributed by atoms with Crippen LogP contribution in [0.15, 0.2) is 35.2 Å². The maximum absolute atomic E-state index is 14.6. The molecule has 2 N–H and O–H groups in total. The number of nitrogens with one attached hydrogen (secondary N) is 2. The molecule has 0 bridgehead atoms. The highest BCUT2D eigenvalue weighted by Crippen LogP contribution is 2.30. The summed E-state index contributed by atoms with van der Waals surface area (Å²) in [6.45, 7) is 1.82. The zero-order valence-electron chi connectivity index (χ0n) is 17.7. The van der Waals surface area contributed by atoms with Crippen LogP contribution in [0.3, 0.4) is 0 Å². The number of ether oxygens (including phenoxy) is 1. The van der Waals surface area contributed by atoms with Crippen LogP contribution in [0, 0.1) is 11.6 Å². The molecule has 0 aliphatic carbocycles. The van der Waals surface area contributed by atoms with Crippen molar-refractivity contribution in [2.24, 2.45) is 0 Å². The molecule has 4 rings (SSSR count). The maximum Gasteiger partial charge on any atom is 0.255 e. The molecule has 2 aliphatic heterocycles. The molecule has 2 aromatic carbocycles. The fourth-order valence-corrected chi connectivity index (χ4v) is 5.61. The molecule has 2 heterocycles. The molecule has 1 unspecified atom stereocenters. The quantitative estimate of drug-likeness (QED) is 0.602. The molecule has 0 radical (unpaired) electrons. The van der Waals surface area contributed by atoms with Crippen LogP contribution in [-0.4, -0.2) is 46.7 Å². The standard InChI is InChI=1S/C22H24ClF2N3O4S/c23-17-6-5-14(10-20(17)33(30,31)26-13-16-4-3-9-32-16)22(29)27-15-11-18(24)21(19(25)12-15)28-7-1-2-8-28/h5-6,10-12,16,26H,1-4,7-9,13H2,(H,27,29). The third-order valence-corrected chi connectivity index (χ3v) is 7.61. The first-order valence-electron chi connectivity index (χ1n) is 10.7. The van der Waals surface area contributed by atoms with E-state index in [0.717, 1.165) is 43.9 Å². The third-order valence-electron chi connectivity index (χ3n) is 5.70. The van der Waals surface area contributed by atoms with Crippen LogP contribution >= 0.6 is 11.6 Å². The summed E-state index contributed by atoms with van der Waals surface area (Å²) >= 11 is 6.08. The second-order valence-electron chi connectivity index (χ2n) is 8.07. The predicted octanol–water partition coefficient (Wildman–Crippen LogP) is 3.93. The number of rotatable bonds is 7. The number of hydrogen-bond acceptors (Lipinski definition) is 5. The highest BCUT2D eigenvalue weighted by atomic mass is 35.5. The van der Waals surface area contributed by atoms with Gasteiger partial charge in [0, 0.05) is 37.5 Å². The van der Waals surface area contributed by atoms with Gasteiger partial charge < -0.3 is 15.0 Å². The van der Waals surface area contributed by atoms with Gasteiger partial charge in [-0.05, 0) is 56.0 Å². The van der Waals surface area contributed by atoms with Crippen molar-refractivity contribution in [3.63, 3.8) is 0 Å². The Morgan fingerprint density at radius 3 is 2.45 bits per heavy atom. The van der Waals surface area contributed by atoms with E-state index in [4.69, 9.17) is 16.3 Å². The SMILES string of the molecule is O=C(Nc1cc(F)c(N2CCCC2)c(F)c1)c1ccc(Cl)c(S(=O)(=O)NCC2CCCO2)c1. The molecule has 1 atom stereocenters. The van der Waals surface area contributed by atoms with Gasteiger partial charge in [-0.15, -0.1) is 0 Å². The van der Waals surface area contributed by atoms with Crippen LogP contribution in [0.4, 0.5) is 20.2 Å². The molecule has 33 heavy (non-hydrogen) atoms. The van der Waals surface area contributed by atoms with Gasteiger partial charge in [0.2, 0.25) is 10.0 Å². The van der Waals surface area contributed by atoms with Gasteiger partial charge in [-0.25, -0.2) is 21.9 Å². The molecule has 0 spiro atoms. The van der Waals surface area contributed by atoms with E-state index in [1.807, 2.05) is 0 Å². The van der Waals surface area contributed by atoms with Gasteiger partial charge in [0.05, 0.1) is 11.1 Å². The molecule has 2 aromatic rings. The van der Waals surface area contributed by atoms with Crippen molar-refractivity contribution in [1.29, 1.82) is 0 Å². The highest BCUT2D eigenvalue weighted by Gasteiger charge is 2.24. The van der Waals surface area contributed by atoms with E-state index in [0.29, 0.717) is 19.7 Å². The summed E-state index contributed by atoms with van der Waals surface area (Å²) in [6.07, 6.45) is 3.13. The van der Waals surface area contributed by atoms with E-state index in [9.17, 15) is 22.0 Å². The minimum Gasteiger partial charge on any atom is -0.377 e. The lowest BCUT2D eigenvalue weighted by Gasteiger charge is -2.20. The van der Waals surface area contributed by atoms with Crippen molar-refractivity contribution >= 4 is 38.9 Å². The molecular formula is C22H24ClF2N3O4S. The van der Waals surface area contributed by atoms with Gasteiger partial charge in [0.1, 0.15) is 10.6 Å². The largest absolute Gasteiger partial charge is 0.377 e. The van der Waals surface area contributed by atoms with E-state index in [1.165, 1.54) is 12.1 Å². The summed E-state index contributed by atoms with van der Waals surface area (Å²) in [5, 5.41) is 2.36. The van der Waals surface area contributed by atoms with Crippen LogP contribution in [0.2, 0.25) is 5.02 Å². The van der Waals surface area contributed by atoms with Crippen LogP contribution in [-0.2, 0) is 14.8 Å². The van der Waals surface area contributed by atoms with Gasteiger partial charge in [-0.1, -0.05) is 11.6 Å². The number of carbonyl (C=O) groups is 1. The Balaban J connectivity index is 1.50. The lowest BCUT2D eigenvalue weighted by atomic mass is 10.2. The zero-order valence-corrected chi connectivity index (χ0v) is 19.3. The number of carbonyl (C=O) groups excluding carboxylic acids is 1. The van der Waals surface area contributed by atoms with Gasteiger partial charge in [-0.3, -0.25) is 4.79 Å². The molecule has 178 valence electrons. The topological polar surface area (TPSA) is 87.7 Å². The minimum absolute atomic E-state index is 0.0265. The molecule has 0 saturated carbocycles. The molecule has 0 aromatic heterocycles. The molecule has 11 heteroatoms. The fourth-order valence-electron chi connectivity index (χ4n) is 4.02. The van der Waals surface area contributed by atoms with Crippen LogP contribution in [0.1, 0.15) is 36.0 Å². The zero-order chi connectivity index (χ0) is 23.6. The Hall–Kier alpha value is -2.27. The molecule has 2 saturated heterocycles. The number of halogens is 3. The summed E-state index contributed by atoms with van der Waals surface area (Å²) in [6, 6.07) is 5.84. The highest BCUT2D eigenvalue weighted by molar-refractivity contribution is 7.89. The Labute approximate surface area is 196 Å².